The molecule has 3 rings (SSSR count). The van der Waals surface area contributed by atoms with Crippen LogP contribution in [0.15, 0.2) is 12.3 Å². The second-order valence-corrected chi connectivity index (χ2v) is 5.44. The molecule has 4 nitrogen and oxygen atoms in total. The molecule has 0 aliphatic carbocycles. The van der Waals surface area contributed by atoms with Crippen LogP contribution in [0.4, 0.5) is 10.2 Å². The van der Waals surface area contributed by atoms with Crippen molar-refractivity contribution in [3.63, 3.8) is 0 Å². The molecule has 2 aliphatic rings. The summed E-state index contributed by atoms with van der Waals surface area (Å²) < 4.78 is 14.3. The van der Waals surface area contributed by atoms with Crippen LogP contribution < -0.4 is 10.6 Å². The fraction of sp³-hybridized carbons (Fsp3) is 0.643. The second kappa shape index (κ2) is 5.43. The highest BCUT2D eigenvalue weighted by Crippen LogP contribution is 2.26. The van der Waals surface area contributed by atoms with E-state index >= 15 is 0 Å². The Bertz CT molecular complexity index is 451. The first-order chi connectivity index (χ1) is 9.29. The summed E-state index contributed by atoms with van der Waals surface area (Å²) in [5.41, 5.74) is 6.12. The average molecular weight is 264 g/mol. The van der Waals surface area contributed by atoms with Gasteiger partial charge in [0.1, 0.15) is 0 Å². The van der Waals surface area contributed by atoms with Gasteiger partial charge >= 0.3 is 0 Å². The number of anilines is 1. The molecule has 0 aromatic carbocycles. The van der Waals surface area contributed by atoms with Crippen LogP contribution in [0.3, 0.4) is 0 Å². The molecule has 3 heterocycles. The van der Waals surface area contributed by atoms with E-state index in [9.17, 15) is 4.39 Å². The maximum Gasteiger partial charge on any atom is 0.170 e. The molecule has 2 fully saturated rings. The summed E-state index contributed by atoms with van der Waals surface area (Å²) in [6.45, 7) is 4.31. The molecule has 1 unspecified atom stereocenters. The number of nitrogens with two attached hydrogens (primary N) is 1. The minimum absolute atomic E-state index is 0.227. The van der Waals surface area contributed by atoms with Gasteiger partial charge in [0.15, 0.2) is 11.6 Å². The number of pyridine rings is 1. The van der Waals surface area contributed by atoms with E-state index in [0.29, 0.717) is 17.4 Å². The molecule has 2 saturated heterocycles. The summed E-state index contributed by atoms with van der Waals surface area (Å²) in [4.78, 5) is 8.88. The van der Waals surface area contributed by atoms with E-state index in [1.807, 2.05) is 0 Å². The fourth-order valence-electron chi connectivity index (χ4n) is 3.25. The third-order valence-corrected chi connectivity index (χ3v) is 4.27. The molecule has 0 bridgehead atoms. The van der Waals surface area contributed by atoms with Crippen LogP contribution in [-0.2, 0) is 6.54 Å². The molecule has 0 spiro atoms. The van der Waals surface area contributed by atoms with E-state index in [0.717, 1.165) is 26.1 Å². The molecular weight excluding hydrogens is 243 g/mol. The van der Waals surface area contributed by atoms with E-state index in [1.165, 1.54) is 19.4 Å². The van der Waals surface area contributed by atoms with Gasteiger partial charge in [0.2, 0.25) is 0 Å². The van der Waals surface area contributed by atoms with Crippen molar-refractivity contribution in [2.75, 3.05) is 31.1 Å². The third-order valence-electron chi connectivity index (χ3n) is 4.27. The quantitative estimate of drug-likeness (QED) is 0.876. The Morgan fingerprint density at radius 2 is 2.16 bits per heavy atom. The van der Waals surface area contributed by atoms with E-state index in [1.54, 1.807) is 12.3 Å². The second-order valence-electron chi connectivity index (χ2n) is 5.44. The highest BCUT2D eigenvalue weighted by Gasteiger charge is 2.30. The largest absolute Gasteiger partial charge is 0.353 e. The minimum atomic E-state index is -0.239. The topological polar surface area (TPSA) is 45.4 Å². The SMILES string of the molecule is NCc1ccnc(N2CCCN3CCCC3C2)c1F. The number of hydrogen-bond donors (Lipinski definition) is 1. The Hall–Kier alpha value is -1.20. The van der Waals surface area contributed by atoms with Gasteiger partial charge in [0.25, 0.3) is 0 Å². The van der Waals surface area contributed by atoms with Crippen molar-refractivity contribution < 1.29 is 4.39 Å². The molecule has 0 saturated carbocycles. The molecule has 104 valence electrons. The molecular formula is C14H21FN4. The van der Waals surface area contributed by atoms with E-state index in [-0.39, 0.29) is 12.4 Å². The summed E-state index contributed by atoms with van der Waals surface area (Å²) in [5.74, 6) is 0.244. The van der Waals surface area contributed by atoms with Gasteiger partial charge in [-0.05, 0) is 31.9 Å². The van der Waals surface area contributed by atoms with Crippen LogP contribution >= 0.6 is 0 Å². The number of aromatic nitrogens is 1. The van der Waals surface area contributed by atoms with Crippen LogP contribution in [0.2, 0.25) is 0 Å². The lowest BCUT2D eigenvalue weighted by molar-refractivity contribution is 0.273. The molecule has 1 atom stereocenters. The normalized spacial score (nSPS) is 24.3. The first-order valence-electron chi connectivity index (χ1n) is 7.12. The Kier molecular flexibility index (Phi) is 3.66. The molecule has 1 aromatic heterocycles. The van der Waals surface area contributed by atoms with Crippen LogP contribution in [-0.4, -0.2) is 42.1 Å². The maximum absolute atomic E-state index is 14.3. The Labute approximate surface area is 113 Å². The molecule has 0 amide bonds. The average Bonchev–Trinajstić information content (AvgIpc) is 2.77. The van der Waals surface area contributed by atoms with Gasteiger partial charge in [0, 0.05) is 44.0 Å². The lowest BCUT2D eigenvalue weighted by Crippen LogP contribution is -2.37. The standard InChI is InChI=1S/C14H21FN4/c15-13-11(9-16)4-5-17-14(13)19-8-2-7-18-6-1-3-12(18)10-19/h4-5,12H,1-3,6-10,16H2. The number of halogens is 1. The Morgan fingerprint density at radius 3 is 3.00 bits per heavy atom. The maximum atomic E-state index is 14.3. The van der Waals surface area contributed by atoms with Crippen LogP contribution in [0.5, 0.6) is 0 Å². The van der Waals surface area contributed by atoms with Gasteiger partial charge in [-0.3, -0.25) is 4.90 Å². The zero-order chi connectivity index (χ0) is 13.2. The van der Waals surface area contributed by atoms with Crippen LogP contribution in [0, 0.1) is 5.82 Å². The summed E-state index contributed by atoms with van der Waals surface area (Å²) in [6, 6.07) is 2.23. The Balaban J connectivity index is 1.85. The lowest BCUT2D eigenvalue weighted by Gasteiger charge is -2.27. The van der Waals surface area contributed by atoms with Gasteiger partial charge in [-0.25, -0.2) is 9.37 Å². The third kappa shape index (κ3) is 2.44. The van der Waals surface area contributed by atoms with Crippen LogP contribution in [0.1, 0.15) is 24.8 Å². The Morgan fingerprint density at radius 1 is 1.32 bits per heavy atom. The van der Waals surface area contributed by atoms with Crippen molar-refractivity contribution in [1.82, 2.24) is 9.88 Å². The zero-order valence-electron chi connectivity index (χ0n) is 11.2. The summed E-state index contributed by atoms with van der Waals surface area (Å²) in [6.07, 6.45) is 5.22. The van der Waals surface area contributed by atoms with Crippen LogP contribution in [0.25, 0.3) is 0 Å². The smallest absolute Gasteiger partial charge is 0.170 e. The number of nitrogens with zero attached hydrogens (tertiary/aromatic N) is 3. The molecule has 19 heavy (non-hydrogen) atoms. The zero-order valence-corrected chi connectivity index (χ0v) is 11.2. The summed E-state index contributed by atoms with van der Waals surface area (Å²) in [7, 11) is 0. The van der Waals surface area contributed by atoms with E-state index < -0.39 is 0 Å². The molecule has 5 heteroatoms. The van der Waals surface area contributed by atoms with Gasteiger partial charge < -0.3 is 10.6 Å². The van der Waals surface area contributed by atoms with E-state index in [4.69, 9.17) is 5.73 Å². The van der Waals surface area contributed by atoms with Crippen molar-refractivity contribution in [3.05, 3.63) is 23.6 Å². The number of hydrogen-bond acceptors (Lipinski definition) is 4. The fourth-order valence-corrected chi connectivity index (χ4v) is 3.25. The lowest BCUT2D eigenvalue weighted by atomic mass is 10.2. The van der Waals surface area contributed by atoms with E-state index in [2.05, 4.69) is 14.8 Å². The van der Waals surface area contributed by atoms with Crippen molar-refractivity contribution in [1.29, 1.82) is 0 Å². The summed E-state index contributed by atoms with van der Waals surface area (Å²) >= 11 is 0. The number of fused-ring (bicyclic) bond motifs is 1. The first-order valence-corrected chi connectivity index (χ1v) is 7.12. The minimum Gasteiger partial charge on any atom is -0.353 e. The van der Waals surface area contributed by atoms with Crippen molar-refractivity contribution >= 4 is 5.82 Å². The van der Waals surface area contributed by atoms with Gasteiger partial charge in [0.05, 0.1) is 0 Å². The molecule has 2 N–H and O–H groups in total. The highest BCUT2D eigenvalue weighted by atomic mass is 19.1. The highest BCUT2D eigenvalue weighted by molar-refractivity contribution is 5.43. The van der Waals surface area contributed by atoms with Gasteiger partial charge in [-0.15, -0.1) is 0 Å². The van der Waals surface area contributed by atoms with Crippen molar-refractivity contribution in [2.45, 2.75) is 31.8 Å². The number of rotatable bonds is 2. The molecule has 1 aromatic rings. The molecule has 0 radical (unpaired) electrons. The van der Waals surface area contributed by atoms with Gasteiger partial charge in [-0.2, -0.15) is 0 Å². The van der Waals surface area contributed by atoms with Crippen molar-refractivity contribution in [3.8, 4) is 0 Å². The van der Waals surface area contributed by atoms with Gasteiger partial charge in [-0.1, -0.05) is 0 Å². The molecule has 2 aliphatic heterocycles. The first kappa shape index (κ1) is 12.8. The monoisotopic (exact) mass is 264 g/mol. The van der Waals surface area contributed by atoms with Crippen molar-refractivity contribution in [2.24, 2.45) is 5.73 Å². The predicted octanol–water partition coefficient (Wildman–Crippen LogP) is 1.35. The predicted molar refractivity (Wildman–Crippen MR) is 73.5 cm³/mol. The summed E-state index contributed by atoms with van der Waals surface area (Å²) in [5, 5.41) is 0.